The third-order valence-corrected chi connectivity index (χ3v) is 4.72. The van der Waals surface area contributed by atoms with Crippen LogP contribution in [0.5, 0.6) is 11.6 Å². The first-order valence-electron chi connectivity index (χ1n) is 8.57. The summed E-state index contributed by atoms with van der Waals surface area (Å²) in [5, 5.41) is 9.29. The molecule has 0 aliphatic carbocycles. The van der Waals surface area contributed by atoms with Crippen molar-refractivity contribution in [2.45, 2.75) is 26.3 Å². The summed E-state index contributed by atoms with van der Waals surface area (Å²) in [6.07, 6.45) is 4.05. The van der Waals surface area contributed by atoms with E-state index in [9.17, 15) is 5.11 Å². The van der Waals surface area contributed by atoms with Crippen molar-refractivity contribution in [1.29, 1.82) is 0 Å². The molecule has 2 aromatic rings. The standard InChI is InChI=1S/C18H25N5O2/c1-13-17(23-9-8-22(3)15(11-23)6-10-24)20-12-21-18(13)25-16-5-4-7-19-14(16)2/h4-5,7,12,15,24H,6,8-11H2,1-3H3. The zero-order valence-electron chi connectivity index (χ0n) is 15.0. The number of aliphatic hydroxyl groups is 1. The van der Waals surface area contributed by atoms with Crippen molar-refractivity contribution in [2.24, 2.45) is 0 Å². The first-order chi connectivity index (χ1) is 12.1. The molecule has 2 aromatic heterocycles. The first-order valence-corrected chi connectivity index (χ1v) is 8.57. The van der Waals surface area contributed by atoms with Crippen LogP contribution in [0.25, 0.3) is 0 Å². The second-order valence-corrected chi connectivity index (χ2v) is 6.41. The lowest BCUT2D eigenvalue weighted by Gasteiger charge is -2.40. The smallest absolute Gasteiger partial charge is 0.227 e. The summed E-state index contributed by atoms with van der Waals surface area (Å²) in [6.45, 7) is 6.75. The van der Waals surface area contributed by atoms with Gasteiger partial charge in [-0.15, -0.1) is 0 Å². The number of anilines is 1. The van der Waals surface area contributed by atoms with Gasteiger partial charge in [-0.2, -0.15) is 0 Å². The molecule has 134 valence electrons. The zero-order valence-corrected chi connectivity index (χ0v) is 15.0. The van der Waals surface area contributed by atoms with Gasteiger partial charge in [-0.25, -0.2) is 9.97 Å². The quantitative estimate of drug-likeness (QED) is 0.887. The van der Waals surface area contributed by atoms with E-state index in [-0.39, 0.29) is 6.61 Å². The summed E-state index contributed by atoms with van der Waals surface area (Å²) >= 11 is 0. The fourth-order valence-corrected chi connectivity index (χ4v) is 3.13. The molecule has 1 aliphatic rings. The Hall–Kier alpha value is -2.25. The molecule has 7 nitrogen and oxygen atoms in total. The molecule has 0 radical (unpaired) electrons. The summed E-state index contributed by atoms with van der Waals surface area (Å²) in [5.74, 6) is 2.15. The van der Waals surface area contributed by atoms with Gasteiger partial charge in [0.15, 0.2) is 5.75 Å². The molecule has 0 spiro atoms. The average molecular weight is 343 g/mol. The van der Waals surface area contributed by atoms with E-state index in [1.165, 1.54) is 0 Å². The second kappa shape index (κ2) is 7.76. The molecule has 0 aromatic carbocycles. The largest absolute Gasteiger partial charge is 0.437 e. The maximum Gasteiger partial charge on any atom is 0.227 e. The van der Waals surface area contributed by atoms with E-state index in [2.05, 4.69) is 31.8 Å². The van der Waals surface area contributed by atoms with Crippen LogP contribution < -0.4 is 9.64 Å². The van der Waals surface area contributed by atoms with Crippen LogP contribution in [-0.4, -0.2) is 64.3 Å². The molecule has 1 unspecified atom stereocenters. The molecule has 7 heteroatoms. The highest BCUT2D eigenvalue weighted by atomic mass is 16.5. The Morgan fingerprint density at radius 2 is 2.08 bits per heavy atom. The van der Waals surface area contributed by atoms with E-state index in [0.717, 1.165) is 43.1 Å². The Bertz CT molecular complexity index is 724. The topological polar surface area (TPSA) is 74.6 Å². The minimum Gasteiger partial charge on any atom is -0.437 e. The predicted octanol–water partition coefficient (Wildman–Crippen LogP) is 1.78. The van der Waals surface area contributed by atoms with Gasteiger partial charge in [0.05, 0.1) is 11.3 Å². The minimum absolute atomic E-state index is 0.195. The van der Waals surface area contributed by atoms with Gasteiger partial charge < -0.3 is 14.7 Å². The zero-order chi connectivity index (χ0) is 17.8. The number of aromatic nitrogens is 3. The van der Waals surface area contributed by atoms with Gasteiger partial charge in [0.1, 0.15) is 12.1 Å². The van der Waals surface area contributed by atoms with E-state index in [1.54, 1.807) is 12.5 Å². The molecule has 0 bridgehead atoms. The first kappa shape index (κ1) is 17.6. The van der Waals surface area contributed by atoms with Crippen LogP contribution in [0, 0.1) is 13.8 Å². The number of aliphatic hydroxyl groups excluding tert-OH is 1. The molecule has 0 amide bonds. The molecule has 1 fully saturated rings. The number of likely N-dealkylation sites (N-methyl/N-ethyl adjacent to an activating group) is 1. The third kappa shape index (κ3) is 3.88. The Morgan fingerprint density at radius 3 is 2.84 bits per heavy atom. The number of pyridine rings is 1. The highest BCUT2D eigenvalue weighted by molar-refractivity contribution is 5.51. The molecule has 1 N–H and O–H groups in total. The Balaban J connectivity index is 1.82. The van der Waals surface area contributed by atoms with Crippen LogP contribution >= 0.6 is 0 Å². The van der Waals surface area contributed by atoms with Gasteiger partial charge >= 0.3 is 0 Å². The van der Waals surface area contributed by atoms with Crippen LogP contribution in [0.2, 0.25) is 0 Å². The Labute approximate surface area is 148 Å². The van der Waals surface area contributed by atoms with Crippen molar-refractivity contribution < 1.29 is 9.84 Å². The van der Waals surface area contributed by atoms with Crippen molar-refractivity contribution >= 4 is 5.82 Å². The highest BCUT2D eigenvalue weighted by Gasteiger charge is 2.26. The third-order valence-electron chi connectivity index (χ3n) is 4.72. The summed E-state index contributed by atoms with van der Waals surface area (Å²) in [4.78, 5) is 17.6. The van der Waals surface area contributed by atoms with Gasteiger partial charge in [0.2, 0.25) is 5.88 Å². The number of nitrogens with zero attached hydrogens (tertiary/aromatic N) is 5. The lowest BCUT2D eigenvalue weighted by molar-refractivity contribution is 0.170. The lowest BCUT2D eigenvalue weighted by Crippen LogP contribution is -2.52. The molecule has 1 aliphatic heterocycles. The maximum absolute atomic E-state index is 9.29. The Kier molecular flexibility index (Phi) is 5.45. The molecule has 3 rings (SSSR count). The number of ether oxygens (including phenoxy) is 1. The van der Waals surface area contributed by atoms with Gasteiger partial charge in [0.25, 0.3) is 0 Å². The number of piperazine rings is 1. The van der Waals surface area contributed by atoms with Crippen LogP contribution in [0.1, 0.15) is 17.7 Å². The molecule has 1 atom stereocenters. The Morgan fingerprint density at radius 1 is 1.24 bits per heavy atom. The summed E-state index contributed by atoms with van der Waals surface area (Å²) in [6, 6.07) is 4.05. The van der Waals surface area contributed by atoms with Gasteiger partial charge in [-0.1, -0.05) is 0 Å². The number of hydrogen-bond acceptors (Lipinski definition) is 7. The van der Waals surface area contributed by atoms with E-state index in [0.29, 0.717) is 17.7 Å². The molecule has 1 saturated heterocycles. The van der Waals surface area contributed by atoms with Crippen LogP contribution in [0.4, 0.5) is 5.82 Å². The molecule has 3 heterocycles. The summed E-state index contributed by atoms with van der Waals surface area (Å²) < 4.78 is 5.98. The van der Waals surface area contributed by atoms with Crippen molar-refractivity contribution in [3.63, 3.8) is 0 Å². The molecule has 0 saturated carbocycles. The normalized spacial score (nSPS) is 18.4. The summed E-state index contributed by atoms with van der Waals surface area (Å²) in [5.41, 5.74) is 1.74. The van der Waals surface area contributed by atoms with E-state index in [4.69, 9.17) is 4.74 Å². The highest BCUT2D eigenvalue weighted by Crippen LogP contribution is 2.30. The fraction of sp³-hybridized carbons (Fsp3) is 0.500. The van der Waals surface area contributed by atoms with Crippen molar-refractivity contribution in [2.75, 3.05) is 38.2 Å². The fourth-order valence-electron chi connectivity index (χ4n) is 3.13. The van der Waals surface area contributed by atoms with Crippen LogP contribution in [0.15, 0.2) is 24.7 Å². The van der Waals surface area contributed by atoms with Crippen LogP contribution in [-0.2, 0) is 0 Å². The molecule has 25 heavy (non-hydrogen) atoms. The monoisotopic (exact) mass is 343 g/mol. The van der Waals surface area contributed by atoms with Crippen molar-refractivity contribution in [3.05, 3.63) is 35.9 Å². The second-order valence-electron chi connectivity index (χ2n) is 6.41. The van der Waals surface area contributed by atoms with Gasteiger partial charge in [-0.05, 0) is 39.4 Å². The van der Waals surface area contributed by atoms with Gasteiger partial charge in [0, 0.05) is 38.5 Å². The molecular weight excluding hydrogens is 318 g/mol. The maximum atomic E-state index is 9.29. The predicted molar refractivity (Wildman–Crippen MR) is 96.2 cm³/mol. The van der Waals surface area contributed by atoms with Crippen molar-refractivity contribution in [1.82, 2.24) is 19.9 Å². The summed E-state index contributed by atoms with van der Waals surface area (Å²) in [7, 11) is 2.10. The lowest BCUT2D eigenvalue weighted by atomic mass is 10.1. The van der Waals surface area contributed by atoms with E-state index < -0.39 is 0 Å². The van der Waals surface area contributed by atoms with Crippen LogP contribution in [0.3, 0.4) is 0 Å². The number of rotatable bonds is 5. The molecular formula is C18H25N5O2. The minimum atomic E-state index is 0.195. The van der Waals surface area contributed by atoms with Gasteiger partial charge in [-0.3, -0.25) is 9.88 Å². The average Bonchev–Trinajstić information content (AvgIpc) is 2.61. The van der Waals surface area contributed by atoms with Crippen molar-refractivity contribution in [3.8, 4) is 11.6 Å². The SMILES string of the molecule is Cc1ncccc1Oc1ncnc(N2CCN(C)C(CCO)C2)c1C. The van der Waals surface area contributed by atoms with E-state index >= 15 is 0 Å². The number of hydrogen-bond donors (Lipinski definition) is 1. The number of aryl methyl sites for hydroxylation is 1. The van der Waals surface area contributed by atoms with E-state index in [1.807, 2.05) is 26.0 Å².